The molecule has 1 aliphatic rings. The van der Waals surface area contributed by atoms with Crippen LogP contribution in [0.15, 0.2) is 18.2 Å². The average molecular weight is 295 g/mol. The molecule has 2 unspecified atom stereocenters. The number of ether oxygens (including phenoxy) is 1. The molecule has 2 nitrogen and oxygen atoms in total. The molecular weight excluding hydrogens is 272 g/mol. The van der Waals surface area contributed by atoms with Gasteiger partial charge >= 0.3 is 0 Å². The van der Waals surface area contributed by atoms with E-state index >= 15 is 0 Å². The number of methoxy groups -OCH3 is 1. The van der Waals surface area contributed by atoms with Crippen LogP contribution in [0.5, 0.6) is 0 Å². The van der Waals surface area contributed by atoms with Crippen LogP contribution in [0.2, 0.25) is 5.02 Å². The highest BCUT2D eigenvalue weighted by atomic mass is 35.5. The van der Waals surface area contributed by atoms with Gasteiger partial charge in [0.15, 0.2) is 5.78 Å². The summed E-state index contributed by atoms with van der Waals surface area (Å²) < 4.78 is 5.65. The van der Waals surface area contributed by atoms with E-state index in [0.717, 1.165) is 30.4 Å². The van der Waals surface area contributed by atoms with E-state index < -0.39 is 5.60 Å². The maximum absolute atomic E-state index is 12.7. The molecule has 0 spiro atoms. The van der Waals surface area contributed by atoms with Crippen molar-refractivity contribution in [2.24, 2.45) is 5.92 Å². The van der Waals surface area contributed by atoms with Crippen LogP contribution >= 0.6 is 11.6 Å². The largest absolute Gasteiger partial charge is 0.370 e. The average Bonchev–Trinajstić information content (AvgIpc) is 2.41. The highest BCUT2D eigenvalue weighted by molar-refractivity contribution is 6.31. The minimum absolute atomic E-state index is 0.164. The maximum Gasteiger partial charge on any atom is 0.169 e. The molecule has 0 saturated heterocycles. The van der Waals surface area contributed by atoms with Crippen molar-refractivity contribution in [3.8, 4) is 0 Å². The number of benzene rings is 1. The lowest BCUT2D eigenvalue weighted by atomic mass is 9.75. The minimum Gasteiger partial charge on any atom is -0.370 e. The number of halogens is 1. The van der Waals surface area contributed by atoms with Crippen molar-refractivity contribution in [1.29, 1.82) is 0 Å². The van der Waals surface area contributed by atoms with Gasteiger partial charge in [0.2, 0.25) is 0 Å². The van der Waals surface area contributed by atoms with Crippen molar-refractivity contribution in [2.75, 3.05) is 7.11 Å². The Balaban J connectivity index is 2.17. The van der Waals surface area contributed by atoms with E-state index in [4.69, 9.17) is 16.3 Å². The lowest BCUT2D eigenvalue weighted by molar-refractivity contribution is -0.146. The summed E-state index contributed by atoms with van der Waals surface area (Å²) in [5.74, 6) is 0.707. The zero-order valence-electron chi connectivity index (χ0n) is 12.5. The van der Waals surface area contributed by atoms with Gasteiger partial charge in [-0.15, -0.1) is 0 Å². The van der Waals surface area contributed by atoms with Crippen LogP contribution < -0.4 is 0 Å². The fourth-order valence-corrected chi connectivity index (χ4v) is 3.49. The number of Topliss-reactive ketones (excluding diaryl/α,β-unsaturated/α-hetero) is 1. The second-order valence-corrected chi connectivity index (χ2v) is 6.50. The van der Waals surface area contributed by atoms with Gasteiger partial charge in [-0.25, -0.2) is 0 Å². The van der Waals surface area contributed by atoms with E-state index in [-0.39, 0.29) is 5.78 Å². The Morgan fingerprint density at radius 1 is 1.50 bits per heavy atom. The first-order valence-electron chi connectivity index (χ1n) is 7.30. The Kier molecular flexibility index (Phi) is 4.87. The summed E-state index contributed by atoms with van der Waals surface area (Å²) >= 11 is 6.24. The molecule has 0 bridgehead atoms. The van der Waals surface area contributed by atoms with Crippen LogP contribution in [0.25, 0.3) is 0 Å². The van der Waals surface area contributed by atoms with Crippen LogP contribution in [0, 0.1) is 12.8 Å². The van der Waals surface area contributed by atoms with E-state index in [0.29, 0.717) is 17.4 Å². The van der Waals surface area contributed by atoms with Crippen molar-refractivity contribution < 1.29 is 9.53 Å². The van der Waals surface area contributed by atoms with Gasteiger partial charge in [0.05, 0.1) is 0 Å². The van der Waals surface area contributed by atoms with Gasteiger partial charge in [-0.3, -0.25) is 4.79 Å². The first kappa shape index (κ1) is 15.5. The van der Waals surface area contributed by atoms with Crippen molar-refractivity contribution in [2.45, 2.75) is 51.6 Å². The zero-order chi connectivity index (χ0) is 14.8. The third-order valence-electron chi connectivity index (χ3n) is 4.41. The number of hydrogen-bond donors (Lipinski definition) is 0. The predicted molar refractivity (Wildman–Crippen MR) is 82.3 cm³/mol. The molecule has 2 rings (SSSR count). The third-order valence-corrected chi connectivity index (χ3v) is 4.77. The van der Waals surface area contributed by atoms with E-state index in [1.807, 2.05) is 25.1 Å². The lowest BCUT2D eigenvalue weighted by Gasteiger charge is -2.37. The lowest BCUT2D eigenvalue weighted by Crippen LogP contribution is -2.45. The second-order valence-electron chi connectivity index (χ2n) is 6.09. The van der Waals surface area contributed by atoms with Gasteiger partial charge in [-0.1, -0.05) is 37.1 Å². The summed E-state index contributed by atoms with van der Waals surface area (Å²) in [6.07, 6.45) is 4.26. The van der Waals surface area contributed by atoms with E-state index in [2.05, 4.69) is 6.92 Å². The molecule has 0 aliphatic heterocycles. The Hall–Kier alpha value is -0.860. The summed E-state index contributed by atoms with van der Waals surface area (Å²) in [5.41, 5.74) is 1.40. The Bertz CT molecular complexity index is 498. The van der Waals surface area contributed by atoms with Gasteiger partial charge in [0, 0.05) is 18.6 Å². The number of aryl methyl sites for hydroxylation is 1. The topological polar surface area (TPSA) is 26.3 Å². The summed E-state index contributed by atoms with van der Waals surface area (Å²) in [6, 6.07) is 5.86. The maximum atomic E-state index is 12.7. The molecule has 110 valence electrons. The smallest absolute Gasteiger partial charge is 0.169 e. The second kappa shape index (κ2) is 6.28. The molecule has 20 heavy (non-hydrogen) atoms. The van der Waals surface area contributed by atoms with Gasteiger partial charge in [0.25, 0.3) is 0 Å². The Morgan fingerprint density at radius 3 is 2.85 bits per heavy atom. The van der Waals surface area contributed by atoms with Crippen molar-refractivity contribution >= 4 is 17.4 Å². The molecule has 1 aromatic rings. The summed E-state index contributed by atoms with van der Waals surface area (Å²) in [7, 11) is 1.66. The third kappa shape index (κ3) is 3.24. The van der Waals surface area contributed by atoms with Crippen LogP contribution in [0.3, 0.4) is 0 Å². The van der Waals surface area contributed by atoms with E-state index in [9.17, 15) is 4.79 Å². The predicted octanol–water partition coefficient (Wildman–Crippen LogP) is 4.36. The van der Waals surface area contributed by atoms with Crippen LogP contribution in [-0.4, -0.2) is 18.5 Å². The fraction of sp³-hybridized carbons (Fsp3) is 0.588. The number of carbonyl (C=O) groups excluding carboxylic acids is 1. The summed E-state index contributed by atoms with van der Waals surface area (Å²) in [4.78, 5) is 12.7. The van der Waals surface area contributed by atoms with Gasteiger partial charge in [0.1, 0.15) is 5.60 Å². The molecule has 1 aliphatic carbocycles. The highest BCUT2D eigenvalue weighted by Crippen LogP contribution is 2.36. The van der Waals surface area contributed by atoms with E-state index in [1.165, 1.54) is 6.42 Å². The first-order valence-corrected chi connectivity index (χ1v) is 7.68. The van der Waals surface area contributed by atoms with Crippen LogP contribution in [-0.2, 0) is 16.0 Å². The summed E-state index contributed by atoms with van der Waals surface area (Å²) in [5, 5.41) is 0.675. The SMILES string of the molecule is COC1(C(=O)Cc2ccc(C)cc2Cl)CCCC(C)C1. The van der Waals surface area contributed by atoms with Gasteiger partial charge < -0.3 is 4.74 Å². The number of carbonyl (C=O) groups is 1. The van der Waals surface area contributed by atoms with Crippen molar-refractivity contribution in [3.05, 3.63) is 34.3 Å². The van der Waals surface area contributed by atoms with Crippen LogP contribution in [0.4, 0.5) is 0 Å². The quantitative estimate of drug-likeness (QED) is 0.825. The molecular formula is C17H23ClO2. The number of ketones is 1. The van der Waals surface area contributed by atoms with Crippen molar-refractivity contribution in [3.63, 3.8) is 0 Å². The van der Waals surface area contributed by atoms with Gasteiger partial charge in [-0.2, -0.15) is 0 Å². The molecule has 0 aromatic heterocycles. The standard InChI is InChI=1S/C17H23ClO2/c1-12-6-7-14(15(18)9-12)10-16(19)17(20-3)8-4-5-13(2)11-17/h6-7,9,13H,4-5,8,10-11H2,1-3H3. The normalized spacial score (nSPS) is 26.5. The molecule has 1 fully saturated rings. The molecule has 0 heterocycles. The highest BCUT2D eigenvalue weighted by Gasteiger charge is 2.41. The van der Waals surface area contributed by atoms with Gasteiger partial charge in [-0.05, 0) is 49.3 Å². The van der Waals surface area contributed by atoms with E-state index in [1.54, 1.807) is 7.11 Å². The fourth-order valence-electron chi connectivity index (χ4n) is 3.19. The molecule has 0 radical (unpaired) electrons. The Morgan fingerprint density at radius 2 is 2.25 bits per heavy atom. The molecule has 2 atom stereocenters. The molecule has 0 N–H and O–H groups in total. The molecule has 1 saturated carbocycles. The minimum atomic E-state index is -0.605. The first-order chi connectivity index (χ1) is 9.47. The molecule has 1 aromatic carbocycles. The Labute approximate surface area is 126 Å². The monoisotopic (exact) mass is 294 g/mol. The number of rotatable bonds is 4. The molecule has 3 heteroatoms. The summed E-state index contributed by atoms with van der Waals surface area (Å²) in [6.45, 7) is 4.19. The van der Waals surface area contributed by atoms with Crippen molar-refractivity contribution in [1.82, 2.24) is 0 Å². The van der Waals surface area contributed by atoms with Crippen LogP contribution in [0.1, 0.15) is 43.7 Å². The molecule has 0 amide bonds. The zero-order valence-corrected chi connectivity index (χ0v) is 13.3. The number of hydrogen-bond acceptors (Lipinski definition) is 2.